The van der Waals surface area contributed by atoms with Crippen LogP contribution in [0.5, 0.6) is 5.75 Å². The van der Waals surface area contributed by atoms with Gasteiger partial charge in [0, 0.05) is 42.5 Å². The number of hydrogen-bond donors (Lipinski definition) is 2. The van der Waals surface area contributed by atoms with Gasteiger partial charge in [-0.15, -0.1) is 0 Å². The van der Waals surface area contributed by atoms with Crippen LogP contribution in [-0.4, -0.2) is 43.7 Å². The van der Waals surface area contributed by atoms with Gasteiger partial charge < -0.3 is 15.4 Å². The van der Waals surface area contributed by atoms with Crippen LogP contribution in [0.15, 0.2) is 24.3 Å². The van der Waals surface area contributed by atoms with Crippen LogP contribution in [-0.2, 0) is 10.2 Å². The quantitative estimate of drug-likeness (QED) is 0.816. The second-order valence-electron chi connectivity index (χ2n) is 7.28. The van der Waals surface area contributed by atoms with Gasteiger partial charge >= 0.3 is 0 Å². The van der Waals surface area contributed by atoms with E-state index in [1.54, 1.807) is 7.11 Å². The molecule has 0 radical (unpaired) electrons. The van der Waals surface area contributed by atoms with Crippen LogP contribution in [0.2, 0.25) is 0 Å². The third kappa shape index (κ3) is 4.91. The highest BCUT2D eigenvalue weighted by Crippen LogP contribution is 2.39. The van der Waals surface area contributed by atoms with Gasteiger partial charge in [-0.1, -0.05) is 31.4 Å². The Kier molecular flexibility index (Phi) is 6.65. The van der Waals surface area contributed by atoms with Gasteiger partial charge in [-0.05, 0) is 30.5 Å². The molecule has 1 aromatic carbocycles. The van der Waals surface area contributed by atoms with Crippen LogP contribution < -0.4 is 15.4 Å². The highest BCUT2D eigenvalue weighted by molar-refractivity contribution is 7.99. The van der Waals surface area contributed by atoms with Crippen molar-refractivity contribution < 1.29 is 9.53 Å². The molecular formula is C20H30N2O2S. The normalized spacial score (nSPS) is 23.0. The molecule has 2 fully saturated rings. The van der Waals surface area contributed by atoms with Crippen molar-refractivity contribution in [2.24, 2.45) is 0 Å². The van der Waals surface area contributed by atoms with Gasteiger partial charge in [0.2, 0.25) is 5.91 Å². The summed E-state index contributed by atoms with van der Waals surface area (Å²) in [6, 6.07) is 8.75. The van der Waals surface area contributed by atoms with Crippen molar-refractivity contribution in [3.63, 3.8) is 0 Å². The molecule has 0 bridgehead atoms. The summed E-state index contributed by atoms with van der Waals surface area (Å²) in [6.07, 6.45) is 6.67. The lowest BCUT2D eigenvalue weighted by Gasteiger charge is -2.38. The predicted octanol–water partition coefficient (Wildman–Crippen LogP) is 3.11. The minimum Gasteiger partial charge on any atom is -0.497 e. The molecule has 1 heterocycles. The molecule has 2 aliphatic rings. The van der Waals surface area contributed by atoms with Gasteiger partial charge in [-0.2, -0.15) is 11.8 Å². The Balaban J connectivity index is 1.62. The first-order chi connectivity index (χ1) is 12.2. The summed E-state index contributed by atoms with van der Waals surface area (Å²) in [5.41, 5.74) is 1.41. The molecule has 1 atom stereocenters. The van der Waals surface area contributed by atoms with E-state index in [1.165, 1.54) is 24.8 Å². The fourth-order valence-electron chi connectivity index (χ4n) is 4.06. The summed E-state index contributed by atoms with van der Waals surface area (Å²) in [7, 11) is 1.70. The minimum absolute atomic E-state index is 0.0783. The topological polar surface area (TPSA) is 50.4 Å². The Bertz CT molecular complexity index is 549. The number of hydrogen-bond acceptors (Lipinski definition) is 4. The lowest BCUT2D eigenvalue weighted by atomic mass is 9.69. The van der Waals surface area contributed by atoms with Gasteiger partial charge in [0.25, 0.3) is 0 Å². The van der Waals surface area contributed by atoms with E-state index >= 15 is 0 Å². The average molecular weight is 363 g/mol. The Morgan fingerprint density at radius 1 is 1.28 bits per heavy atom. The van der Waals surface area contributed by atoms with Crippen LogP contribution >= 0.6 is 11.8 Å². The summed E-state index contributed by atoms with van der Waals surface area (Å²) in [5, 5.41) is 6.69. The number of thioether (sulfide) groups is 1. The van der Waals surface area contributed by atoms with Crippen molar-refractivity contribution in [3.05, 3.63) is 29.8 Å². The Labute approximate surface area is 155 Å². The molecule has 1 amide bonds. The lowest BCUT2D eigenvalue weighted by molar-refractivity contribution is -0.121. The van der Waals surface area contributed by atoms with E-state index in [1.807, 2.05) is 23.9 Å². The van der Waals surface area contributed by atoms with Crippen molar-refractivity contribution in [3.8, 4) is 5.75 Å². The molecule has 1 aliphatic heterocycles. The lowest BCUT2D eigenvalue weighted by Crippen LogP contribution is -2.45. The van der Waals surface area contributed by atoms with E-state index in [0.29, 0.717) is 12.5 Å². The van der Waals surface area contributed by atoms with Gasteiger partial charge in [-0.25, -0.2) is 0 Å². The first-order valence-electron chi connectivity index (χ1n) is 9.44. The third-order valence-corrected chi connectivity index (χ3v) is 6.70. The van der Waals surface area contributed by atoms with Gasteiger partial charge in [0.1, 0.15) is 5.75 Å². The zero-order valence-corrected chi connectivity index (χ0v) is 16.0. The van der Waals surface area contributed by atoms with E-state index in [0.717, 1.165) is 43.2 Å². The monoisotopic (exact) mass is 362 g/mol. The highest BCUT2D eigenvalue weighted by Gasteiger charge is 2.34. The summed E-state index contributed by atoms with van der Waals surface area (Å²) < 4.78 is 5.29. The maximum Gasteiger partial charge on any atom is 0.221 e. The van der Waals surface area contributed by atoms with E-state index in [2.05, 4.69) is 22.8 Å². The van der Waals surface area contributed by atoms with Crippen LogP contribution in [0.3, 0.4) is 0 Å². The number of methoxy groups -OCH3 is 1. The van der Waals surface area contributed by atoms with E-state index < -0.39 is 0 Å². The molecule has 1 saturated carbocycles. The smallest absolute Gasteiger partial charge is 0.221 e. The number of benzene rings is 1. The highest BCUT2D eigenvalue weighted by atomic mass is 32.2. The molecule has 0 aromatic heterocycles. The maximum absolute atomic E-state index is 12.4. The molecule has 1 unspecified atom stereocenters. The third-order valence-electron chi connectivity index (χ3n) is 5.57. The van der Waals surface area contributed by atoms with E-state index in [9.17, 15) is 4.79 Å². The summed E-state index contributed by atoms with van der Waals surface area (Å²) in [6.45, 7) is 1.76. The molecule has 0 spiro atoms. The van der Waals surface area contributed by atoms with E-state index in [-0.39, 0.29) is 11.3 Å². The maximum atomic E-state index is 12.4. The number of rotatable bonds is 6. The Hall–Kier alpha value is -1.20. The van der Waals surface area contributed by atoms with Crippen LogP contribution in [0.1, 0.15) is 44.1 Å². The van der Waals surface area contributed by atoms with Crippen molar-refractivity contribution in [2.45, 2.75) is 50.0 Å². The largest absolute Gasteiger partial charge is 0.497 e. The fourth-order valence-corrected chi connectivity index (χ4v) is 5.00. The Morgan fingerprint density at radius 3 is 2.68 bits per heavy atom. The molecule has 1 aliphatic carbocycles. The predicted molar refractivity (Wildman–Crippen MR) is 104 cm³/mol. The van der Waals surface area contributed by atoms with Crippen LogP contribution in [0.4, 0.5) is 0 Å². The standard InChI is InChI=1S/C20H30N2O2S/c1-24-18-7-5-16(6-8-18)20(9-3-2-4-10-20)15-22-19(23)13-17-14-25-12-11-21-17/h5-8,17,21H,2-4,9-15H2,1H3,(H,22,23). The second-order valence-corrected chi connectivity index (χ2v) is 8.43. The second kappa shape index (κ2) is 8.95. The number of ether oxygens (including phenoxy) is 1. The van der Waals surface area contributed by atoms with Crippen molar-refractivity contribution >= 4 is 17.7 Å². The first-order valence-corrected chi connectivity index (χ1v) is 10.6. The zero-order valence-electron chi connectivity index (χ0n) is 15.2. The number of amides is 1. The van der Waals surface area contributed by atoms with Crippen molar-refractivity contribution in [1.82, 2.24) is 10.6 Å². The average Bonchev–Trinajstić information content (AvgIpc) is 2.68. The molecule has 2 N–H and O–H groups in total. The minimum atomic E-state index is 0.0783. The first kappa shape index (κ1) is 18.6. The molecule has 4 nitrogen and oxygen atoms in total. The molecule has 1 aromatic rings. The molecule has 3 rings (SSSR count). The van der Waals surface area contributed by atoms with Gasteiger partial charge in [-0.3, -0.25) is 4.79 Å². The van der Waals surface area contributed by atoms with Gasteiger partial charge in [0.05, 0.1) is 7.11 Å². The number of nitrogens with one attached hydrogen (secondary N) is 2. The SMILES string of the molecule is COc1ccc(C2(CNC(=O)CC3CSCCN3)CCCCC2)cc1. The molecular weight excluding hydrogens is 332 g/mol. The molecule has 138 valence electrons. The molecule has 25 heavy (non-hydrogen) atoms. The van der Waals surface area contributed by atoms with Crippen LogP contribution in [0.25, 0.3) is 0 Å². The summed E-state index contributed by atoms with van der Waals surface area (Å²) in [4.78, 5) is 12.4. The zero-order chi connectivity index (χ0) is 17.5. The number of carbonyl (C=O) groups excluding carboxylic acids is 1. The van der Waals surface area contributed by atoms with Crippen molar-refractivity contribution in [2.75, 3.05) is 31.7 Å². The summed E-state index contributed by atoms with van der Waals surface area (Å²) in [5.74, 6) is 3.26. The van der Waals surface area contributed by atoms with Crippen LogP contribution in [0, 0.1) is 0 Å². The Morgan fingerprint density at radius 2 is 2.04 bits per heavy atom. The van der Waals surface area contributed by atoms with E-state index in [4.69, 9.17) is 4.74 Å². The van der Waals surface area contributed by atoms with Crippen molar-refractivity contribution in [1.29, 1.82) is 0 Å². The number of carbonyl (C=O) groups is 1. The molecule has 1 saturated heterocycles. The fraction of sp³-hybridized carbons (Fsp3) is 0.650. The summed E-state index contributed by atoms with van der Waals surface area (Å²) >= 11 is 1.94. The van der Waals surface area contributed by atoms with Gasteiger partial charge in [0.15, 0.2) is 0 Å². The molecule has 5 heteroatoms.